The summed E-state index contributed by atoms with van der Waals surface area (Å²) in [5, 5.41) is 0.174. The zero-order valence-electron chi connectivity index (χ0n) is 14.1. The Hall–Kier alpha value is -0.920. The smallest absolute Gasteiger partial charge is 0.262 e. The number of hydrogen-bond donors (Lipinski definition) is 0. The summed E-state index contributed by atoms with van der Waals surface area (Å²) in [7, 11) is 0.710. The van der Waals surface area contributed by atoms with E-state index in [1.54, 1.807) is 16.8 Å². The van der Waals surface area contributed by atoms with E-state index in [-0.39, 0.29) is 11.1 Å². The van der Waals surface area contributed by atoms with Crippen LogP contribution in [0, 0.1) is 5.92 Å². The van der Waals surface area contributed by atoms with Gasteiger partial charge in [-0.2, -0.15) is 4.31 Å². The molecule has 0 N–H and O–H groups in total. The molecule has 1 aromatic heterocycles. The lowest BCUT2D eigenvalue weighted by molar-refractivity contribution is 0.243. The van der Waals surface area contributed by atoms with E-state index in [0.717, 1.165) is 25.8 Å². The van der Waals surface area contributed by atoms with Crippen molar-refractivity contribution in [1.82, 2.24) is 18.8 Å². The van der Waals surface area contributed by atoms with E-state index < -0.39 is 10.0 Å². The second kappa shape index (κ2) is 7.10. The largest absolute Gasteiger partial charge is 0.334 e. The van der Waals surface area contributed by atoms with Gasteiger partial charge in [0, 0.05) is 25.3 Å². The van der Waals surface area contributed by atoms with Crippen molar-refractivity contribution in [1.29, 1.82) is 0 Å². The Labute approximate surface area is 134 Å². The molecule has 0 radical (unpaired) electrons. The summed E-state index contributed by atoms with van der Waals surface area (Å²) in [5.74, 6) is 0.627. The number of nitrogens with zero attached hydrogens (tertiary/aromatic N) is 4. The first-order valence-corrected chi connectivity index (χ1v) is 9.43. The summed E-state index contributed by atoms with van der Waals surface area (Å²) in [6, 6.07) is 0.216. The van der Waals surface area contributed by atoms with E-state index in [0.29, 0.717) is 19.0 Å². The Morgan fingerprint density at radius 3 is 2.45 bits per heavy atom. The third-order valence-electron chi connectivity index (χ3n) is 4.34. The highest BCUT2D eigenvalue weighted by atomic mass is 32.2. The van der Waals surface area contributed by atoms with E-state index in [4.69, 9.17) is 0 Å². The van der Waals surface area contributed by atoms with Crippen LogP contribution in [0.1, 0.15) is 39.2 Å². The molecule has 22 heavy (non-hydrogen) atoms. The lowest BCUT2D eigenvalue weighted by Gasteiger charge is -2.31. The maximum Gasteiger partial charge on any atom is 0.262 e. The fraction of sp³-hybridized carbons (Fsp3) is 0.800. The van der Waals surface area contributed by atoms with Crippen LogP contribution in [-0.2, 0) is 10.0 Å². The van der Waals surface area contributed by atoms with Crippen molar-refractivity contribution in [2.45, 2.75) is 44.2 Å². The lowest BCUT2D eigenvalue weighted by atomic mass is 9.94. The van der Waals surface area contributed by atoms with Crippen molar-refractivity contribution in [3.05, 3.63) is 12.5 Å². The summed E-state index contributed by atoms with van der Waals surface area (Å²) in [6.07, 6.45) is 6.26. The van der Waals surface area contributed by atoms with E-state index >= 15 is 0 Å². The van der Waals surface area contributed by atoms with Crippen LogP contribution in [-0.4, -0.2) is 60.9 Å². The monoisotopic (exact) mass is 328 g/mol. The van der Waals surface area contributed by atoms with Crippen molar-refractivity contribution in [3.63, 3.8) is 0 Å². The highest BCUT2D eigenvalue weighted by molar-refractivity contribution is 7.89. The molecule has 126 valence electrons. The molecule has 2 rings (SSSR count). The Balaban J connectivity index is 1.97. The number of hydrogen-bond acceptors (Lipinski definition) is 4. The Morgan fingerprint density at radius 1 is 1.32 bits per heavy atom. The quantitative estimate of drug-likeness (QED) is 0.799. The predicted octanol–water partition coefficient (Wildman–Crippen LogP) is 1.82. The molecule has 0 aromatic carbocycles. The molecule has 7 heteroatoms. The van der Waals surface area contributed by atoms with Crippen molar-refractivity contribution in [2.24, 2.45) is 5.92 Å². The highest BCUT2D eigenvalue weighted by Crippen LogP contribution is 2.25. The van der Waals surface area contributed by atoms with Crippen LogP contribution in [0.5, 0.6) is 0 Å². The lowest BCUT2D eigenvalue weighted by Crippen LogP contribution is -2.39. The maximum atomic E-state index is 12.6. The molecule has 0 amide bonds. The van der Waals surface area contributed by atoms with Crippen LogP contribution in [0.3, 0.4) is 0 Å². The van der Waals surface area contributed by atoms with Gasteiger partial charge >= 0.3 is 0 Å². The molecule has 2 heterocycles. The van der Waals surface area contributed by atoms with Gasteiger partial charge in [-0.25, -0.2) is 13.4 Å². The van der Waals surface area contributed by atoms with Crippen LogP contribution in [0.2, 0.25) is 0 Å². The van der Waals surface area contributed by atoms with E-state index in [2.05, 4.69) is 24.0 Å². The maximum absolute atomic E-state index is 12.6. The minimum atomic E-state index is -3.44. The van der Waals surface area contributed by atoms with Gasteiger partial charge in [-0.1, -0.05) is 0 Å². The molecule has 1 aliphatic rings. The average Bonchev–Trinajstić information content (AvgIpc) is 2.96. The van der Waals surface area contributed by atoms with Crippen LogP contribution < -0.4 is 0 Å². The van der Waals surface area contributed by atoms with E-state index in [1.165, 1.54) is 0 Å². The summed E-state index contributed by atoms with van der Waals surface area (Å²) >= 11 is 0. The fourth-order valence-electron chi connectivity index (χ4n) is 2.74. The average molecular weight is 328 g/mol. The molecular weight excluding hydrogens is 300 g/mol. The summed E-state index contributed by atoms with van der Waals surface area (Å²) < 4.78 is 28.7. The van der Waals surface area contributed by atoms with E-state index in [1.807, 2.05) is 18.4 Å². The molecule has 0 spiro atoms. The molecule has 0 bridgehead atoms. The van der Waals surface area contributed by atoms with Gasteiger partial charge in [-0.05, 0) is 59.7 Å². The van der Waals surface area contributed by atoms with E-state index in [9.17, 15) is 8.42 Å². The molecule has 0 atom stereocenters. The van der Waals surface area contributed by atoms with Crippen molar-refractivity contribution < 1.29 is 8.42 Å². The van der Waals surface area contributed by atoms with Gasteiger partial charge in [0.1, 0.15) is 0 Å². The van der Waals surface area contributed by atoms with Gasteiger partial charge < -0.3 is 9.47 Å². The zero-order chi connectivity index (χ0) is 16.3. The Morgan fingerprint density at radius 2 is 1.95 bits per heavy atom. The van der Waals surface area contributed by atoms with Gasteiger partial charge in [0.15, 0.2) is 5.03 Å². The number of aromatic nitrogens is 2. The predicted molar refractivity (Wildman–Crippen MR) is 87.3 cm³/mol. The number of piperidine rings is 1. The summed E-state index contributed by atoms with van der Waals surface area (Å²) in [6.45, 7) is 6.29. The Bertz CT molecular complexity index is 572. The SMILES string of the molecule is CC(C)n1cnc(S(=O)(=O)N2CCC(CCN(C)C)CC2)c1. The summed E-state index contributed by atoms with van der Waals surface area (Å²) in [5.41, 5.74) is 0. The van der Waals surface area contributed by atoms with Crippen molar-refractivity contribution in [3.8, 4) is 0 Å². The molecule has 0 unspecified atom stereocenters. The standard InChI is InChI=1S/C15H28N4O2S/c1-13(2)18-11-15(16-12-18)22(20,21)19-9-6-14(7-10-19)5-8-17(3)4/h11-14H,5-10H2,1-4H3. The second-order valence-corrected chi connectivity index (χ2v) is 8.58. The molecule has 6 nitrogen and oxygen atoms in total. The van der Waals surface area contributed by atoms with Crippen molar-refractivity contribution >= 4 is 10.0 Å². The van der Waals surface area contributed by atoms with Gasteiger partial charge in [-0.15, -0.1) is 0 Å². The van der Waals surface area contributed by atoms with Crippen LogP contribution >= 0.6 is 0 Å². The number of rotatable bonds is 6. The molecule has 0 aliphatic carbocycles. The van der Waals surface area contributed by atoms with Gasteiger partial charge in [-0.3, -0.25) is 0 Å². The molecular formula is C15H28N4O2S. The fourth-order valence-corrected chi connectivity index (χ4v) is 4.14. The number of sulfonamides is 1. The molecule has 1 aromatic rings. The normalized spacial score (nSPS) is 18.5. The minimum Gasteiger partial charge on any atom is -0.334 e. The van der Waals surface area contributed by atoms with Crippen LogP contribution in [0.25, 0.3) is 0 Å². The Kier molecular flexibility index (Phi) is 5.63. The van der Waals surface area contributed by atoms with Crippen LogP contribution in [0.15, 0.2) is 17.6 Å². The third-order valence-corrected chi connectivity index (χ3v) is 6.12. The van der Waals surface area contributed by atoms with Crippen LogP contribution in [0.4, 0.5) is 0 Å². The molecule has 1 fully saturated rings. The number of imidazole rings is 1. The second-order valence-electron chi connectivity index (χ2n) is 6.69. The first kappa shape index (κ1) is 17.4. The first-order valence-electron chi connectivity index (χ1n) is 7.99. The van der Waals surface area contributed by atoms with Gasteiger partial charge in [0.25, 0.3) is 10.0 Å². The third kappa shape index (κ3) is 4.08. The van der Waals surface area contributed by atoms with Gasteiger partial charge in [0.05, 0.1) is 6.33 Å². The van der Waals surface area contributed by atoms with Crippen molar-refractivity contribution in [2.75, 3.05) is 33.7 Å². The topological polar surface area (TPSA) is 58.4 Å². The molecule has 0 saturated carbocycles. The van der Waals surface area contributed by atoms with Gasteiger partial charge in [0.2, 0.25) is 0 Å². The zero-order valence-corrected chi connectivity index (χ0v) is 14.9. The minimum absolute atomic E-state index is 0.174. The first-order chi connectivity index (χ1) is 10.3. The molecule has 1 saturated heterocycles. The highest BCUT2D eigenvalue weighted by Gasteiger charge is 2.30. The summed E-state index contributed by atoms with van der Waals surface area (Å²) in [4.78, 5) is 6.27. The molecule has 1 aliphatic heterocycles.